The van der Waals surface area contributed by atoms with Crippen LogP contribution in [0.4, 0.5) is 41.1 Å². The van der Waals surface area contributed by atoms with E-state index >= 15 is 0 Å². The largest absolute Gasteiger partial charge is 0.497 e. The molecule has 1 aliphatic heterocycles. The van der Waals surface area contributed by atoms with Crippen LogP contribution in [0.5, 0.6) is 11.5 Å². The van der Waals surface area contributed by atoms with Crippen molar-refractivity contribution in [3.63, 3.8) is 0 Å². The number of aryl methyl sites for hydroxylation is 1. The van der Waals surface area contributed by atoms with E-state index in [9.17, 15) is 22.8 Å². The van der Waals surface area contributed by atoms with E-state index in [-0.39, 0.29) is 18.2 Å². The van der Waals surface area contributed by atoms with Crippen LogP contribution in [0.2, 0.25) is 0 Å². The molecule has 2 amide bonds. The number of methoxy groups -OCH3 is 2. The van der Waals surface area contributed by atoms with Crippen molar-refractivity contribution in [3.05, 3.63) is 71.9 Å². The number of aromatic nitrogens is 2. The highest BCUT2D eigenvalue weighted by Gasteiger charge is 2.31. The van der Waals surface area contributed by atoms with Crippen LogP contribution < -0.4 is 24.6 Å². The average molecular weight is 544 g/mol. The third-order valence-electron chi connectivity index (χ3n) is 5.75. The average Bonchev–Trinajstić information content (AvgIpc) is 2.91. The first kappa shape index (κ1) is 29.0. The van der Waals surface area contributed by atoms with E-state index in [1.807, 2.05) is 25.1 Å². The second-order valence-corrected chi connectivity index (χ2v) is 8.42. The van der Waals surface area contributed by atoms with Crippen LogP contribution in [0, 0.1) is 6.92 Å². The lowest BCUT2D eigenvalue weighted by molar-refractivity contribution is -0.114. The fraction of sp³-hybridized carbons (Fsp3) is 0.259. The number of halogens is 3. The van der Waals surface area contributed by atoms with Gasteiger partial charge in [0.2, 0.25) is 5.95 Å². The molecule has 0 saturated carbocycles. The Kier molecular flexibility index (Phi) is 9.47. The molecular weight excluding hydrogens is 515 g/mol. The van der Waals surface area contributed by atoms with Gasteiger partial charge in [0.1, 0.15) is 17.3 Å². The first-order valence-corrected chi connectivity index (χ1v) is 11.6. The van der Waals surface area contributed by atoms with E-state index in [0.29, 0.717) is 35.5 Å². The summed E-state index contributed by atoms with van der Waals surface area (Å²) in [4.78, 5) is 37.4. The Hall–Kier alpha value is -4.61. The van der Waals surface area contributed by atoms with E-state index < -0.39 is 6.68 Å². The summed E-state index contributed by atoms with van der Waals surface area (Å²) in [5.41, 5.74) is 4.00. The summed E-state index contributed by atoms with van der Waals surface area (Å²) in [5.74, 6) is 1.93. The SMILES string of the molecule is C=CC(=O)Cc1cc(C)ccc1Nc1ncc2c(n1)N(C)C(=O)N(c1cc(OC)cc(OC)c1)C2.FC(F)F. The maximum Gasteiger partial charge on any atom is 0.379 e. The van der Waals surface area contributed by atoms with Crippen molar-refractivity contribution < 1.29 is 32.2 Å². The van der Waals surface area contributed by atoms with Gasteiger partial charge in [0, 0.05) is 49.1 Å². The number of nitrogens with one attached hydrogen (secondary N) is 1. The summed E-state index contributed by atoms with van der Waals surface area (Å²) in [6.07, 6.45) is 3.22. The van der Waals surface area contributed by atoms with E-state index in [0.717, 1.165) is 22.4 Å². The van der Waals surface area contributed by atoms with Crippen LogP contribution in [0.25, 0.3) is 0 Å². The van der Waals surface area contributed by atoms with Gasteiger partial charge in [-0.1, -0.05) is 24.3 Å². The number of hydrogen-bond donors (Lipinski definition) is 1. The summed E-state index contributed by atoms with van der Waals surface area (Å²) < 4.78 is 39.7. The summed E-state index contributed by atoms with van der Waals surface area (Å²) in [5, 5.41) is 3.19. The zero-order valence-corrected chi connectivity index (χ0v) is 21.9. The van der Waals surface area contributed by atoms with Crippen LogP contribution in [0.1, 0.15) is 16.7 Å². The summed E-state index contributed by atoms with van der Waals surface area (Å²) >= 11 is 0. The second-order valence-electron chi connectivity index (χ2n) is 8.42. The van der Waals surface area contributed by atoms with Crippen LogP contribution in [0.15, 0.2) is 55.3 Å². The van der Waals surface area contributed by atoms with Gasteiger partial charge in [-0.05, 0) is 24.6 Å². The Morgan fingerprint density at radius 2 is 1.79 bits per heavy atom. The predicted molar refractivity (Wildman–Crippen MR) is 142 cm³/mol. The van der Waals surface area contributed by atoms with Crippen LogP contribution in [-0.2, 0) is 17.8 Å². The molecule has 9 nitrogen and oxygen atoms in total. The quantitative estimate of drug-likeness (QED) is 0.370. The number of alkyl halides is 3. The molecular formula is C27H28F3N5O4. The van der Waals surface area contributed by atoms with Gasteiger partial charge in [-0.2, -0.15) is 18.2 Å². The Morgan fingerprint density at radius 1 is 1.15 bits per heavy atom. The number of benzene rings is 2. The molecule has 0 saturated heterocycles. The van der Waals surface area contributed by atoms with Crippen molar-refractivity contribution in [1.82, 2.24) is 9.97 Å². The van der Waals surface area contributed by atoms with E-state index in [4.69, 9.17) is 9.47 Å². The lowest BCUT2D eigenvalue weighted by Gasteiger charge is -2.34. The number of hydrogen-bond acceptors (Lipinski definition) is 7. The Morgan fingerprint density at radius 3 is 2.38 bits per heavy atom. The fourth-order valence-electron chi connectivity index (χ4n) is 3.89. The molecule has 1 N–H and O–H groups in total. The Bertz CT molecular complexity index is 1340. The van der Waals surface area contributed by atoms with E-state index in [1.165, 1.54) is 11.0 Å². The maximum absolute atomic E-state index is 13.2. The van der Waals surface area contributed by atoms with Crippen molar-refractivity contribution in [2.24, 2.45) is 0 Å². The summed E-state index contributed by atoms with van der Waals surface area (Å²) in [6, 6.07) is 10.8. The minimum atomic E-state index is -3.67. The third kappa shape index (κ3) is 7.24. The number of nitrogens with zero attached hydrogens (tertiary/aromatic N) is 4. The molecule has 0 spiro atoms. The molecule has 206 valence electrons. The van der Waals surface area contributed by atoms with Crippen LogP contribution in [-0.4, -0.2) is 49.7 Å². The Balaban J connectivity index is 0.000000983. The standard InChI is InChI=1S/C26H27N5O4.CHF3/c1-6-20(32)10-17-9-16(2)7-8-23(17)28-25-27-14-18-15-31(26(33)30(3)24(18)29-25)19-11-21(34-4)13-22(12-19)35-5;2-1(3)4/h6-9,11-14H,1,10,15H2,2-5H3,(H,27,28,29);1H. The summed E-state index contributed by atoms with van der Waals surface area (Å²) in [7, 11) is 4.79. The molecule has 39 heavy (non-hydrogen) atoms. The van der Waals surface area contributed by atoms with Gasteiger partial charge in [-0.3, -0.25) is 14.6 Å². The van der Waals surface area contributed by atoms with Crippen molar-refractivity contribution in [3.8, 4) is 11.5 Å². The zero-order valence-electron chi connectivity index (χ0n) is 21.9. The topological polar surface area (TPSA) is 96.9 Å². The molecule has 1 aliphatic rings. The zero-order chi connectivity index (χ0) is 28.7. The predicted octanol–water partition coefficient (Wildman–Crippen LogP) is 5.60. The fourth-order valence-corrected chi connectivity index (χ4v) is 3.89. The van der Waals surface area contributed by atoms with Crippen LogP contribution in [0.3, 0.4) is 0 Å². The lowest BCUT2D eigenvalue weighted by Crippen LogP contribution is -2.46. The Labute approximate surface area is 223 Å². The number of anilines is 4. The van der Waals surface area contributed by atoms with Gasteiger partial charge in [-0.25, -0.2) is 9.78 Å². The minimum Gasteiger partial charge on any atom is -0.497 e. The second kappa shape index (κ2) is 12.8. The van der Waals surface area contributed by atoms with Crippen LogP contribution >= 0.6 is 0 Å². The summed E-state index contributed by atoms with van der Waals surface area (Å²) in [6.45, 7) is 2.14. The van der Waals surface area contributed by atoms with Gasteiger partial charge < -0.3 is 14.8 Å². The molecule has 4 rings (SSSR count). The molecule has 1 aromatic heterocycles. The highest BCUT2D eigenvalue weighted by molar-refractivity contribution is 6.05. The first-order chi connectivity index (χ1) is 18.6. The van der Waals surface area contributed by atoms with E-state index in [1.54, 1.807) is 50.6 Å². The molecule has 3 aromatic rings. The number of amides is 2. The normalized spacial score (nSPS) is 12.4. The molecule has 2 aromatic carbocycles. The molecule has 0 fully saturated rings. The van der Waals surface area contributed by atoms with Crippen molar-refractivity contribution in [2.45, 2.75) is 26.6 Å². The van der Waals surface area contributed by atoms with Gasteiger partial charge in [0.15, 0.2) is 5.78 Å². The monoisotopic (exact) mass is 543 g/mol. The van der Waals surface area contributed by atoms with Gasteiger partial charge >= 0.3 is 12.7 Å². The number of ketones is 1. The molecule has 0 aliphatic carbocycles. The minimum absolute atomic E-state index is 0.0791. The number of allylic oxidation sites excluding steroid dienone is 1. The van der Waals surface area contributed by atoms with Crippen molar-refractivity contribution in [1.29, 1.82) is 0 Å². The molecule has 0 radical (unpaired) electrons. The first-order valence-electron chi connectivity index (χ1n) is 11.6. The molecule has 0 bridgehead atoms. The van der Waals surface area contributed by atoms with Gasteiger partial charge in [-0.15, -0.1) is 0 Å². The lowest BCUT2D eigenvalue weighted by atomic mass is 10.0. The number of ether oxygens (including phenoxy) is 2. The number of urea groups is 1. The molecule has 0 atom stereocenters. The highest BCUT2D eigenvalue weighted by atomic mass is 19.4. The number of fused-ring (bicyclic) bond motifs is 1. The van der Waals surface area contributed by atoms with Crippen molar-refractivity contribution >= 4 is 35.0 Å². The number of carbonyl (C=O) groups excluding carboxylic acids is 2. The molecule has 0 unspecified atom stereocenters. The molecule has 2 heterocycles. The maximum atomic E-state index is 13.2. The van der Waals surface area contributed by atoms with Crippen molar-refractivity contribution in [2.75, 3.05) is 36.4 Å². The van der Waals surface area contributed by atoms with Gasteiger partial charge in [0.25, 0.3) is 0 Å². The van der Waals surface area contributed by atoms with E-state index in [2.05, 4.69) is 21.9 Å². The number of carbonyl (C=O) groups is 2. The number of rotatable bonds is 8. The molecule has 12 heteroatoms. The highest BCUT2D eigenvalue weighted by Crippen LogP contribution is 2.34. The van der Waals surface area contributed by atoms with Gasteiger partial charge in [0.05, 0.1) is 26.5 Å². The third-order valence-corrected chi connectivity index (χ3v) is 5.75. The smallest absolute Gasteiger partial charge is 0.379 e.